The zero-order valence-corrected chi connectivity index (χ0v) is 23.9. The highest BCUT2D eigenvalue weighted by atomic mass is 79.9. The van der Waals surface area contributed by atoms with Crippen LogP contribution in [0.5, 0.6) is 0 Å². The third kappa shape index (κ3) is 5.41. The molecule has 1 aromatic heterocycles. The fraction of sp³-hybridized carbons (Fsp3) is 0.147. The van der Waals surface area contributed by atoms with Gasteiger partial charge in [-0.2, -0.15) is 0 Å². The monoisotopic (exact) mass is 578 g/mol. The van der Waals surface area contributed by atoms with E-state index in [1.807, 2.05) is 24.3 Å². The van der Waals surface area contributed by atoms with Gasteiger partial charge in [0.15, 0.2) is 0 Å². The normalized spacial score (nSPS) is 11.9. The van der Waals surface area contributed by atoms with Gasteiger partial charge in [-0.1, -0.05) is 83.2 Å². The van der Waals surface area contributed by atoms with Crippen molar-refractivity contribution in [3.05, 3.63) is 136 Å². The first-order valence-electron chi connectivity index (χ1n) is 13.0. The number of nitrogens with one attached hydrogen (secondary N) is 1. The van der Waals surface area contributed by atoms with E-state index in [2.05, 4.69) is 108 Å². The number of benzene rings is 4. The van der Waals surface area contributed by atoms with Gasteiger partial charge in [0.2, 0.25) is 0 Å². The molecule has 0 aliphatic heterocycles. The number of hydrogen-bond donors (Lipinski definition) is 2. The van der Waals surface area contributed by atoms with E-state index in [1.165, 1.54) is 27.7 Å². The van der Waals surface area contributed by atoms with E-state index in [0.717, 1.165) is 39.0 Å². The molecule has 0 bridgehead atoms. The molecule has 5 rings (SSSR count). The van der Waals surface area contributed by atoms with E-state index >= 15 is 0 Å². The molecule has 0 saturated heterocycles. The molecule has 0 aliphatic carbocycles. The van der Waals surface area contributed by atoms with E-state index in [9.17, 15) is 9.90 Å². The van der Waals surface area contributed by atoms with Crippen molar-refractivity contribution in [1.29, 1.82) is 0 Å². The number of nitrogens with zero attached hydrogens (tertiary/aromatic N) is 1. The summed E-state index contributed by atoms with van der Waals surface area (Å²) in [5.74, 6) is -0.917. The fourth-order valence-corrected chi connectivity index (χ4v) is 5.38. The minimum absolute atomic E-state index is 0.138. The van der Waals surface area contributed by atoms with E-state index in [1.54, 1.807) is 12.1 Å². The van der Waals surface area contributed by atoms with Crippen LogP contribution in [-0.4, -0.2) is 15.6 Å². The average molecular weight is 580 g/mol. The lowest BCUT2D eigenvalue weighted by Gasteiger charge is -2.18. The Morgan fingerprint density at radius 3 is 2.36 bits per heavy atom. The summed E-state index contributed by atoms with van der Waals surface area (Å²) >= 11 is 3.50. The van der Waals surface area contributed by atoms with Crippen LogP contribution in [0.4, 0.5) is 0 Å². The molecule has 0 radical (unpaired) electrons. The van der Waals surface area contributed by atoms with Gasteiger partial charge < -0.3 is 15.0 Å². The molecule has 1 unspecified atom stereocenters. The minimum Gasteiger partial charge on any atom is -0.478 e. The van der Waals surface area contributed by atoms with Crippen molar-refractivity contribution in [3.8, 4) is 11.1 Å². The lowest BCUT2D eigenvalue weighted by molar-refractivity contribution is 0.0697. The second-order valence-electron chi connectivity index (χ2n) is 9.97. The zero-order chi connectivity index (χ0) is 27.7. The summed E-state index contributed by atoms with van der Waals surface area (Å²) in [5, 5.41) is 14.3. The molecule has 4 nitrogen and oxygen atoms in total. The van der Waals surface area contributed by atoms with Crippen LogP contribution in [0, 0.1) is 13.8 Å². The van der Waals surface area contributed by atoms with E-state index < -0.39 is 5.97 Å². The van der Waals surface area contributed by atoms with Gasteiger partial charge in [-0.15, -0.1) is 0 Å². The van der Waals surface area contributed by atoms with Crippen LogP contribution in [0.15, 0.2) is 102 Å². The molecule has 0 aliphatic rings. The number of carboxylic acids is 1. The number of carboxylic acid groups (broad SMARTS) is 1. The standard InChI is InChI=1S/C34H31BrN2O2/c1-21-24(4)37(20-25-9-11-27(12-10-25)30-7-5-6-8-31(30)34(38)39)33-18-15-28(19-32(21)33)23(3)36-22(2)26-13-16-29(35)17-14-26/h5-19,22,36H,3,20H2,1-2,4H3,(H,38,39). The number of rotatable bonds is 8. The van der Waals surface area contributed by atoms with Crippen molar-refractivity contribution in [2.24, 2.45) is 0 Å². The molecule has 1 heterocycles. The second-order valence-corrected chi connectivity index (χ2v) is 10.9. The highest BCUT2D eigenvalue weighted by molar-refractivity contribution is 9.10. The van der Waals surface area contributed by atoms with Gasteiger partial charge in [-0.3, -0.25) is 0 Å². The highest BCUT2D eigenvalue weighted by Crippen LogP contribution is 2.30. The number of aryl methyl sites for hydroxylation is 1. The number of fused-ring (bicyclic) bond motifs is 1. The second kappa shape index (κ2) is 11.0. The molecule has 0 amide bonds. The van der Waals surface area contributed by atoms with Crippen molar-refractivity contribution < 1.29 is 9.90 Å². The number of aromatic nitrogens is 1. The first kappa shape index (κ1) is 26.5. The maximum absolute atomic E-state index is 11.6. The van der Waals surface area contributed by atoms with Crippen LogP contribution in [0.3, 0.4) is 0 Å². The summed E-state index contributed by atoms with van der Waals surface area (Å²) in [6.07, 6.45) is 0. The predicted molar refractivity (Wildman–Crippen MR) is 164 cm³/mol. The van der Waals surface area contributed by atoms with E-state index in [4.69, 9.17) is 0 Å². The molecule has 5 aromatic rings. The summed E-state index contributed by atoms with van der Waals surface area (Å²) in [4.78, 5) is 11.6. The molecule has 0 spiro atoms. The van der Waals surface area contributed by atoms with E-state index in [-0.39, 0.29) is 6.04 Å². The number of hydrogen-bond acceptors (Lipinski definition) is 2. The maximum atomic E-state index is 11.6. The SMILES string of the molecule is C=C(NC(C)c1ccc(Br)cc1)c1ccc2c(c1)c(C)c(C)n2Cc1ccc(-c2ccccc2C(=O)O)cc1. The van der Waals surface area contributed by atoms with Crippen molar-refractivity contribution in [2.45, 2.75) is 33.4 Å². The molecule has 1 atom stereocenters. The Hall–Kier alpha value is -4.09. The maximum Gasteiger partial charge on any atom is 0.336 e. The molecule has 196 valence electrons. The Morgan fingerprint density at radius 1 is 0.974 bits per heavy atom. The Balaban J connectivity index is 1.38. The van der Waals surface area contributed by atoms with Gasteiger partial charge in [0.25, 0.3) is 0 Å². The van der Waals surface area contributed by atoms with Gasteiger partial charge in [-0.25, -0.2) is 4.79 Å². The third-order valence-corrected chi connectivity index (χ3v) is 8.04. The molecule has 2 N–H and O–H groups in total. The lowest BCUT2D eigenvalue weighted by atomic mass is 9.99. The molecular weight excluding hydrogens is 548 g/mol. The van der Waals surface area contributed by atoms with Gasteiger partial charge in [0.05, 0.1) is 5.56 Å². The van der Waals surface area contributed by atoms with Crippen LogP contribution in [0.2, 0.25) is 0 Å². The highest BCUT2D eigenvalue weighted by Gasteiger charge is 2.15. The molecule has 4 aromatic carbocycles. The van der Waals surface area contributed by atoms with Gasteiger partial charge >= 0.3 is 5.97 Å². The molecule has 39 heavy (non-hydrogen) atoms. The third-order valence-electron chi connectivity index (χ3n) is 7.51. The van der Waals surface area contributed by atoms with Crippen molar-refractivity contribution in [1.82, 2.24) is 9.88 Å². The molecule has 0 fully saturated rings. The van der Waals surface area contributed by atoms with Crippen LogP contribution < -0.4 is 5.32 Å². The molecular formula is C34H31BrN2O2. The number of aromatic carboxylic acids is 1. The fourth-order valence-electron chi connectivity index (χ4n) is 5.11. The summed E-state index contributed by atoms with van der Waals surface area (Å²) in [7, 11) is 0. The first-order valence-corrected chi connectivity index (χ1v) is 13.7. The molecule has 0 saturated carbocycles. The number of carbonyl (C=O) groups is 1. The van der Waals surface area contributed by atoms with Crippen LogP contribution >= 0.6 is 15.9 Å². The zero-order valence-electron chi connectivity index (χ0n) is 22.3. The predicted octanol–water partition coefficient (Wildman–Crippen LogP) is 8.76. The topological polar surface area (TPSA) is 54.3 Å². The van der Waals surface area contributed by atoms with Crippen molar-refractivity contribution in [3.63, 3.8) is 0 Å². The molecule has 5 heteroatoms. The minimum atomic E-state index is -0.917. The lowest BCUT2D eigenvalue weighted by Crippen LogP contribution is -2.16. The van der Waals surface area contributed by atoms with Crippen molar-refractivity contribution >= 4 is 38.5 Å². The van der Waals surface area contributed by atoms with Crippen LogP contribution in [0.25, 0.3) is 27.7 Å². The summed E-state index contributed by atoms with van der Waals surface area (Å²) in [5.41, 5.74) is 9.94. The Bertz CT molecular complexity index is 1680. The van der Waals surface area contributed by atoms with E-state index in [0.29, 0.717) is 5.56 Å². The Kier molecular flexibility index (Phi) is 7.45. The first-order chi connectivity index (χ1) is 18.7. The van der Waals surface area contributed by atoms with Crippen LogP contribution in [-0.2, 0) is 6.54 Å². The van der Waals surface area contributed by atoms with Crippen LogP contribution in [0.1, 0.15) is 51.3 Å². The van der Waals surface area contributed by atoms with Crippen molar-refractivity contribution in [2.75, 3.05) is 0 Å². The Labute approximate surface area is 237 Å². The van der Waals surface area contributed by atoms with Gasteiger partial charge in [0.1, 0.15) is 0 Å². The van der Waals surface area contributed by atoms with Gasteiger partial charge in [0, 0.05) is 39.4 Å². The smallest absolute Gasteiger partial charge is 0.336 e. The van der Waals surface area contributed by atoms with Gasteiger partial charge in [-0.05, 0) is 84.5 Å². The number of halogens is 1. The average Bonchev–Trinajstić information content (AvgIpc) is 3.18. The quantitative estimate of drug-likeness (QED) is 0.193. The Morgan fingerprint density at radius 2 is 1.67 bits per heavy atom. The summed E-state index contributed by atoms with van der Waals surface area (Å²) in [6, 6.07) is 30.3. The summed E-state index contributed by atoms with van der Waals surface area (Å²) in [6.45, 7) is 11.5. The largest absolute Gasteiger partial charge is 0.478 e. The summed E-state index contributed by atoms with van der Waals surface area (Å²) < 4.78 is 3.41.